The standard InChI is InChI=1S/C13H20N4S/c1-4-12-9-18-13(15-12)14-6-5-7-17-11(3)8-10(2)16-17/h8-9H,4-7H2,1-3H3,(H,14,15). The number of thiazole rings is 1. The fraction of sp³-hybridized carbons (Fsp3) is 0.538. The van der Waals surface area contributed by atoms with Gasteiger partial charge in [-0.15, -0.1) is 11.3 Å². The summed E-state index contributed by atoms with van der Waals surface area (Å²) in [6.07, 6.45) is 2.06. The summed E-state index contributed by atoms with van der Waals surface area (Å²) in [7, 11) is 0. The molecule has 0 saturated carbocycles. The van der Waals surface area contributed by atoms with Crippen LogP contribution < -0.4 is 5.32 Å². The maximum absolute atomic E-state index is 4.48. The first-order chi connectivity index (χ1) is 8.69. The quantitative estimate of drug-likeness (QED) is 0.816. The van der Waals surface area contributed by atoms with Gasteiger partial charge < -0.3 is 5.32 Å². The summed E-state index contributed by atoms with van der Waals surface area (Å²) in [5, 5.41) is 11.0. The Morgan fingerprint density at radius 1 is 1.39 bits per heavy atom. The van der Waals surface area contributed by atoms with E-state index in [1.807, 2.05) is 6.92 Å². The normalized spacial score (nSPS) is 10.8. The summed E-state index contributed by atoms with van der Waals surface area (Å²) < 4.78 is 2.07. The highest BCUT2D eigenvalue weighted by molar-refractivity contribution is 7.13. The first-order valence-corrected chi connectivity index (χ1v) is 7.26. The van der Waals surface area contributed by atoms with Crippen LogP contribution in [0.15, 0.2) is 11.4 Å². The molecule has 2 aromatic heterocycles. The van der Waals surface area contributed by atoms with Gasteiger partial charge in [0.05, 0.1) is 11.4 Å². The minimum atomic E-state index is 0.939. The van der Waals surface area contributed by atoms with E-state index in [0.29, 0.717) is 0 Å². The molecule has 0 atom stereocenters. The predicted molar refractivity (Wildman–Crippen MR) is 76.3 cm³/mol. The van der Waals surface area contributed by atoms with Gasteiger partial charge in [0, 0.05) is 24.2 Å². The van der Waals surface area contributed by atoms with Crippen molar-refractivity contribution in [2.24, 2.45) is 0 Å². The van der Waals surface area contributed by atoms with Crippen molar-refractivity contribution in [3.8, 4) is 0 Å². The minimum Gasteiger partial charge on any atom is -0.361 e. The molecule has 98 valence electrons. The lowest BCUT2D eigenvalue weighted by atomic mass is 10.4. The Morgan fingerprint density at radius 2 is 2.22 bits per heavy atom. The molecule has 0 unspecified atom stereocenters. The lowest BCUT2D eigenvalue weighted by molar-refractivity contribution is 0.573. The topological polar surface area (TPSA) is 42.7 Å². The smallest absolute Gasteiger partial charge is 0.182 e. The van der Waals surface area contributed by atoms with E-state index >= 15 is 0 Å². The number of hydrogen-bond acceptors (Lipinski definition) is 4. The van der Waals surface area contributed by atoms with Gasteiger partial charge in [-0.2, -0.15) is 5.10 Å². The first-order valence-electron chi connectivity index (χ1n) is 6.38. The van der Waals surface area contributed by atoms with Gasteiger partial charge in [-0.1, -0.05) is 6.92 Å². The molecular formula is C13H20N4S. The molecular weight excluding hydrogens is 244 g/mol. The van der Waals surface area contributed by atoms with Crippen LogP contribution in [-0.4, -0.2) is 21.3 Å². The second-order valence-electron chi connectivity index (χ2n) is 4.43. The Kier molecular flexibility index (Phi) is 4.36. The molecule has 0 aliphatic carbocycles. The van der Waals surface area contributed by atoms with Gasteiger partial charge >= 0.3 is 0 Å². The van der Waals surface area contributed by atoms with Gasteiger partial charge in [0.15, 0.2) is 5.13 Å². The molecule has 5 heteroatoms. The minimum absolute atomic E-state index is 0.939. The van der Waals surface area contributed by atoms with Crippen molar-refractivity contribution < 1.29 is 0 Å². The molecule has 18 heavy (non-hydrogen) atoms. The number of anilines is 1. The van der Waals surface area contributed by atoms with Crippen LogP contribution in [0.25, 0.3) is 0 Å². The van der Waals surface area contributed by atoms with Gasteiger partial charge in [0.1, 0.15) is 0 Å². The van der Waals surface area contributed by atoms with Crippen molar-refractivity contribution in [1.82, 2.24) is 14.8 Å². The lowest BCUT2D eigenvalue weighted by Crippen LogP contribution is -2.08. The Balaban J connectivity index is 1.74. The van der Waals surface area contributed by atoms with Crippen LogP contribution in [0.5, 0.6) is 0 Å². The summed E-state index contributed by atoms with van der Waals surface area (Å²) in [6, 6.07) is 2.11. The number of aromatic nitrogens is 3. The number of rotatable bonds is 6. The van der Waals surface area contributed by atoms with E-state index in [0.717, 1.165) is 36.8 Å². The average Bonchev–Trinajstić information content (AvgIpc) is 2.92. The van der Waals surface area contributed by atoms with Gasteiger partial charge in [0.2, 0.25) is 0 Å². The second kappa shape index (κ2) is 6.00. The molecule has 0 amide bonds. The molecule has 0 spiro atoms. The number of nitrogens with one attached hydrogen (secondary N) is 1. The zero-order valence-corrected chi connectivity index (χ0v) is 12.0. The van der Waals surface area contributed by atoms with E-state index in [9.17, 15) is 0 Å². The van der Waals surface area contributed by atoms with Crippen molar-refractivity contribution in [1.29, 1.82) is 0 Å². The van der Waals surface area contributed by atoms with Crippen molar-refractivity contribution in [3.63, 3.8) is 0 Å². The first kappa shape index (κ1) is 13.1. The zero-order valence-electron chi connectivity index (χ0n) is 11.2. The molecule has 0 radical (unpaired) electrons. The number of aryl methyl sites for hydroxylation is 4. The monoisotopic (exact) mass is 264 g/mol. The Labute approximate surface area is 112 Å². The molecule has 0 bridgehead atoms. The third-order valence-electron chi connectivity index (χ3n) is 2.84. The molecule has 0 aliphatic rings. The van der Waals surface area contributed by atoms with E-state index in [4.69, 9.17) is 0 Å². The second-order valence-corrected chi connectivity index (χ2v) is 5.29. The van der Waals surface area contributed by atoms with Crippen LogP contribution >= 0.6 is 11.3 Å². The maximum Gasteiger partial charge on any atom is 0.182 e. The molecule has 0 aliphatic heterocycles. The van der Waals surface area contributed by atoms with Crippen molar-refractivity contribution >= 4 is 16.5 Å². The van der Waals surface area contributed by atoms with E-state index in [1.165, 1.54) is 11.4 Å². The SMILES string of the molecule is CCc1csc(NCCCn2nc(C)cc2C)n1. The molecule has 0 fully saturated rings. The fourth-order valence-electron chi connectivity index (χ4n) is 1.88. The van der Waals surface area contributed by atoms with Crippen LogP contribution in [0, 0.1) is 13.8 Å². The highest BCUT2D eigenvalue weighted by atomic mass is 32.1. The summed E-state index contributed by atoms with van der Waals surface area (Å²) in [6.45, 7) is 8.15. The summed E-state index contributed by atoms with van der Waals surface area (Å²) >= 11 is 1.68. The van der Waals surface area contributed by atoms with Gasteiger partial charge in [-0.3, -0.25) is 4.68 Å². The average molecular weight is 264 g/mol. The molecule has 1 N–H and O–H groups in total. The third-order valence-corrected chi connectivity index (χ3v) is 3.69. The van der Waals surface area contributed by atoms with Gasteiger partial charge in [0.25, 0.3) is 0 Å². The number of nitrogens with zero attached hydrogens (tertiary/aromatic N) is 3. The molecule has 2 heterocycles. The van der Waals surface area contributed by atoms with Crippen LogP contribution in [-0.2, 0) is 13.0 Å². The molecule has 4 nitrogen and oxygen atoms in total. The molecule has 2 rings (SSSR count). The van der Waals surface area contributed by atoms with E-state index in [1.54, 1.807) is 11.3 Å². The molecule has 0 aromatic carbocycles. The maximum atomic E-state index is 4.48. The highest BCUT2D eigenvalue weighted by Gasteiger charge is 2.01. The van der Waals surface area contributed by atoms with E-state index < -0.39 is 0 Å². The summed E-state index contributed by atoms with van der Waals surface area (Å²) in [5.74, 6) is 0. The summed E-state index contributed by atoms with van der Waals surface area (Å²) in [5.41, 5.74) is 3.49. The van der Waals surface area contributed by atoms with Crippen molar-refractivity contribution in [3.05, 3.63) is 28.5 Å². The predicted octanol–water partition coefficient (Wildman–Crippen LogP) is 3.02. The largest absolute Gasteiger partial charge is 0.361 e. The van der Waals surface area contributed by atoms with Gasteiger partial charge in [-0.25, -0.2) is 4.98 Å². The Morgan fingerprint density at radius 3 is 2.83 bits per heavy atom. The summed E-state index contributed by atoms with van der Waals surface area (Å²) in [4.78, 5) is 4.48. The van der Waals surface area contributed by atoms with Crippen molar-refractivity contribution in [2.75, 3.05) is 11.9 Å². The molecule has 2 aromatic rings. The van der Waals surface area contributed by atoms with Crippen LogP contribution in [0.3, 0.4) is 0 Å². The van der Waals surface area contributed by atoms with Crippen LogP contribution in [0.1, 0.15) is 30.4 Å². The number of hydrogen-bond donors (Lipinski definition) is 1. The van der Waals surface area contributed by atoms with E-state index in [2.05, 4.69) is 45.4 Å². The van der Waals surface area contributed by atoms with Gasteiger partial charge in [-0.05, 0) is 32.8 Å². The Hall–Kier alpha value is -1.36. The zero-order chi connectivity index (χ0) is 13.0. The molecule has 0 saturated heterocycles. The van der Waals surface area contributed by atoms with E-state index in [-0.39, 0.29) is 0 Å². The van der Waals surface area contributed by atoms with Crippen molar-refractivity contribution in [2.45, 2.75) is 40.2 Å². The van der Waals surface area contributed by atoms with Crippen LogP contribution in [0.4, 0.5) is 5.13 Å². The van der Waals surface area contributed by atoms with Crippen LogP contribution in [0.2, 0.25) is 0 Å². The Bertz CT molecular complexity index is 501. The fourth-order valence-corrected chi connectivity index (χ4v) is 2.70. The lowest BCUT2D eigenvalue weighted by Gasteiger charge is -2.05. The third kappa shape index (κ3) is 3.32. The highest BCUT2D eigenvalue weighted by Crippen LogP contribution is 2.15.